The van der Waals surface area contributed by atoms with Gasteiger partial charge in [-0.15, -0.1) is 0 Å². The minimum absolute atomic E-state index is 0.163. The largest absolute Gasteiger partial charge is 0.478 e. The van der Waals surface area contributed by atoms with Crippen LogP contribution in [0.15, 0.2) is 29.0 Å². The number of rotatable bonds is 3. The zero-order valence-electron chi connectivity index (χ0n) is 7.98. The third kappa shape index (κ3) is 3.46. The Morgan fingerprint density at radius 1 is 1.73 bits per heavy atom. The Morgan fingerprint density at radius 3 is 3.00 bits per heavy atom. The number of aliphatic carboxylic acids is 1. The predicted molar refractivity (Wildman–Crippen MR) is 62.6 cm³/mol. The van der Waals surface area contributed by atoms with E-state index >= 15 is 0 Å². The van der Waals surface area contributed by atoms with Gasteiger partial charge >= 0.3 is 5.97 Å². The van der Waals surface area contributed by atoms with Crippen LogP contribution in [0.4, 0.5) is 0 Å². The second kappa shape index (κ2) is 5.06. The van der Waals surface area contributed by atoms with Crippen LogP contribution in [0.25, 0.3) is 0 Å². The van der Waals surface area contributed by atoms with Crippen LogP contribution in [0.5, 0.6) is 0 Å². The van der Waals surface area contributed by atoms with Gasteiger partial charge in [0.15, 0.2) is 0 Å². The number of hydrogen-bond donors (Lipinski definition) is 1. The molecule has 0 aliphatic carbocycles. The molecule has 80 valence electrons. The monoisotopic (exact) mass is 320 g/mol. The summed E-state index contributed by atoms with van der Waals surface area (Å²) in [4.78, 5) is 25.8. The van der Waals surface area contributed by atoms with Gasteiger partial charge < -0.3 is 5.11 Å². The second-order valence-corrected chi connectivity index (χ2v) is 4.17. The molecule has 1 aromatic rings. The molecule has 15 heavy (non-hydrogen) atoms. The topological polar surface area (TPSA) is 72.2 Å². The van der Waals surface area contributed by atoms with Crippen molar-refractivity contribution < 1.29 is 9.90 Å². The van der Waals surface area contributed by atoms with Crippen molar-refractivity contribution in [3.8, 4) is 0 Å². The minimum atomic E-state index is -1.01. The molecular formula is C9H9IN2O3. The summed E-state index contributed by atoms with van der Waals surface area (Å²) in [5, 5.41) is 8.50. The van der Waals surface area contributed by atoms with Crippen molar-refractivity contribution in [2.24, 2.45) is 0 Å². The molecule has 1 N–H and O–H groups in total. The Bertz CT molecular complexity index is 465. The van der Waals surface area contributed by atoms with Gasteiger partial charge in [0.1, 0.15) is 0 Å². The molecule has 1 aromatic heterocycles. The number of hydrogen-bond acceptors (Lipinski definition) is 3. The van der Waals surface area contributed by atoms with E-state index in [1.165, 1.54) is 17.1 Å². The first kappa shape index (κ1) is 11.9. The first-order valence-corrected chi connectivity index (χ1v) is 5.18. The number of aromatic nitrogens is 2. The lowest BCUT2D eigenvalue weighted by Gasteiger charge is -2.04. The molecule has 0 aromatic carbocycles. The Balaban J connectivity index is 2.96. The van der Waals surface area contributed by atoms with Crippen molar-refractivity contribution in [2.75, 3.05) is 0 Å². The fourth-order valence-corrected chi connectivity index (χ4v) is 1.53. The molecule has 5 nitrogen and oxygen atoms in total. The third-order valence-electron chi connectivity index (χ3n) is 1.65. The molecule has 0 radical (unpaired) electrons. The maximum absolute atomic E-state index is 11.5. The number of halogens is 1. The number of nitrogens with zero attached hydrogens (tertiary/aromatic N) is 2. The number of allylic oxidation sites excluding steroid dienone is 1. The van der Waals surface area contributed by atoms with Gasteiger partial charge in [0, 0.05) is 18.8 Å². The maximum Gasteiger partial charge on any atom is 0.328 e. The second-order valence-electron chi connectivity index (χ2n) is 3.00. The van der Waals surface area contributed by atoms with Crippen molar-refractivity contribution in [2.45, 2.75) is 13.5 Å². The molecule has 1 heterocycles. The fraction of sp³-hybridized carbons (Fsp3) is 0.222. The summed E-state index contributed by atoms with van der Waals surface area (Å²) in [5.74, 6) is -1.01. The molecule has 0 saturated heterocycles. The van der Waals surface area contributed by atoms with Crippen LogP contribution < -0.4 is 5.56 Å². The quantitative estimate of drug-likeness (QED) is 0.663. The van der Waals surface area contributed by atoms with Gasteiger partial charge in [0.05, 0.1) is 9.90 Å². The van der Waals surface area contributed by atoms with Gasteiger partial charge in [-0.2, -0.15) is 0 Å². The van der Waals surface area contributed by atoms with Gasteiger partial charge in [-0.1, -0.05) is 0 Å². The molecule has 0 fully saturated rings. The van der Waals surface area contributed by atoms with Gasteiger partial charge in [-0.3, -0.25) is 9.36 Å². The lowest BCUT2D eigenvalue weighted by Crippen LogP contribution is -2.23. The average Bonchev–Trinajstić information content (AvgIpc) is 2.11. The summed E-state index contributed by atoms with van der Waals surface area (Å²) < 4.78 is 1.88. The van der Waals surface area contributed by atoms with Crippen molar-refractivity contribution in [1.82, 2.24) is 9.55 Å². The first-order chi connectivity index (χ1) is 7.00. The van der Waals surface area contributed by atoms with E-state index in [0.29, 0.717) is 9.14 Å². The molecule has 0 spiro atoms. The number of carboxylic acid groups (broad SMARTS) is 1. The van der Waals surface area contributed by atoms with Crippen molar-refractivity contribution >= 4 is 28.6 Å². The number of carboxylic acids is 1. The lowest BCUT2D eigenvalue weighted by molar-refractivity contribution is -0.131. The van der Waals surface area contributed by atoms with E-state index in [1.54, 1.807) is 6.92 Å². The smallest absolute Gasteiger partial charge is 0.328 e. The highest BCUT2D eigenvalue weighted by atomic mass is 127. The van der Waals surface area contributed by atoms with Crippen molar-refractivity contribution in [3.05, 3.63) is 38.1 Å². The standard InChI is InChI=1S/C9H9IN2O3/c1-6(2-8(13)14)4-12-5-11-3-7(10)9(12)15/h2-3,5H,4H2,1H3,(H,13,14). The van der Waals surface area contributed by atoms with Crippen LogP contribution in [0.1, 0.15) is 6.92 Å². The Morgan fingerprint density at radius 2 is 2.40 bits per heavy atom. The fourth-order valence-electron chi connectivity index (χ4n) is 1.06. The highest BCUT2D eigenvalue weighted by molar-refractivity contribution is 14.1. The van der Waals surface area contributed by atoms with E-state index in [4.69, 9.17) is 5.11 Å². The normalized spacial score (nSPS) is 11.5. The first-order valence-electron chi connectivity index (χ1n) is 4.10. The van der Waals surface area contributed by atoms with Gasteiger partial charge in [0.25, 0.3) is 5.56 Å². The van der Waals surface area contributed by atoms with E-state index in [1.807, 2.05) is 22.6 Å². The third-order valence-corrected chi connectivity index (χ3v) is 2.39. The van der Waals surface area contributed by atoms with E-state index in [9.17, 15) is 9.59 Å². The zero-order valence-corrected chi connectivity index (χ0v) is 10.1. The lowest BCUT2D eigenvalue weighted by atomic mass is 10.3. The Labute approximate surface area is 99.6 Å². The molecule has 0 aliphatic heterocycles. The Kier molecular flexibility index (Phi) is 4.01. The van der Waals surface area contributed by atoms with Crippen LogP contribution in [-0.4, -0.2) is 20.6 Å². The zero-order chi connectivity index (χ0) is 11.4. The molecule has 0 saturated carbocycles. The van der Waals surface area contributed by atoms with Gasteiger partial charge in [-0.05, 0) is 35.1 Å². The molecule has 0 amide bonds. The van der Waals surface area contributed by atoms with E-state index in [-0.39, 0.29) is 12.1 Å². The minimum Gasteiger partial charge on any atom is -0.478 e. The summed E-state index contributed by atoms with van der Waals surface area (Å²) in [5.41, 5.74) is 0.428. The van der Waals surface area contributed by atoms with Gasteiger partial charge in [-0.25, -0.2) is 9.78 Å². The maximum atomic E-state index is 11.5. The summed E-state index contributed by atoms with van der Waals surface area (Å²) >= 11 is 1.89. The van der Waals surface area contributed by atoms with Crippen LogP contribution in [0.2, 0.25) is 0 Å². The van der Waals surface area contributed by atoms with Crippen LogP contribution in [0, 0.1) is 3.57 Å². The summed E-state index contributed by atoms with van der Waals surface area (Å²) in [6, 6.07) is 0. The van der Waals surface area contributed by atoms with E-state index in [0.717, 1.165) is 6.08 Å². The van der Waals surface area contributed by atoms with Crippen LogP contribution in [-0.2, 0) is 11.3 Å². The van der Waals surface area contributed by atoms with E-state index in [2.05, 4.69) is 4.98 Å². The average molecular weight is 320 g/mol. The van der Waals surface area contributed by atoms with E-state index < -0.39 is 5.97 Å². The molecule has 0 aliphatic rings. The molecule has 0 bridgehead atoms. The molecule has 6 heteroatoms. The van der Waals surface area contributed by atoms with Crippen LogP contribution >= 0.6 is 22.6 Å². The summed E-state index contributed by atoms with van der Waals surface area (Å²) in [6.07, 6.45) is 3.94. The molecule has 0 unspecified atom stereocenters. The SMILES string of the molecule is CC(=CC(=O)O)Cn1cncc(I)c1=O. The molecule has 0 atom stereocenters. The van der Waals surface area contributed by atoms with Gasteiger partial charge in [0.2, 0.25) is 0 Å². The molecule has 1 rings (SSSR count). The highest BCUT2D eigenvalue weighted by Crippen LogP contribution is 1.98. The predicted octanol–water partition coefficient (Wildman–Crippen LogP) is 0.879. The van der Waals surface area contributed by atoms with Crippen LogP contribution in [0.3, 0.4) is 0 Å². The Hall–Kier alpha value is -1.18. The van der Waals surface area contributed by atoms with Crippen molar-refractivity contribution in [1.29, 1.82) is 0 Å². The van der Waals surface area contributed by atoms with Crippen molar-refractivity contribution in [3.63, 3.8) is 0 Å². The highest BCUT2D eigenvalue weighted by Gasteiger charge is 2.02. The molecular weight excluding hydrogens is 311 g/mol. The summed E-state index contributed by atoms with van der Waals surface area (Å²) in [6.45, 7) is 1.90. The number of carbonyl (C=O) groups is 1. The summed E-state index contributed by atoms with van der Waals surface area (Å²) in [7, 11) is 0.